The van der Waals surface area contributed by atoms with E-state index in [2.05, 4.69) is 11.1 Å². The van der Waals surface area contributed by atoms with Crippen LogP contribution in [0.2, 0.25) is 0 Å². The molecule has 1 atom stereocenters. The van der Waals surface area contributed by atoms with Crippen LogP contribution in [0.25, 0.3) is 0 Å². The van der Waals surface area contributed by atoms with Gasteiger partial charge in [0, 0.05) is 30.2 Å². The van der Waals surface area contributed by atoms with Crippen LogP contribution in [-0.4, -0.2) is 35.5 Å². The van der Waals surface area contributed by atoms with Crippen molar-refractivity contribution in [3.05, 3.63) is 52.5 Å². The van der Waals surface area contributed by atoms with Crippen LogP contribution in [-0.2, 0) is 16.0 Å². The van der Waals surface area contributed by atoms with E-state index >= 15 is 0 Å². The van der Waals surface area contributed by atoms with Crippen LogP contribution in [0.4, 0.5) is 0 Å². The number of hydrogen-bond acceptors (Lipinski definition) is 4. The van der Waals surface area contributed by atoms with Crippen molar-refractivity contribution in [2.75, 3.05) is 19.7 Å². The van der Waals surface area contributed by atoms with Crippen molar-refractivity contribution in [3.8, 4) is 0 Å². The summed E-state index contributed by atoms with van der Waals surface area (Å²) in [7, 11) is 0. The van der Waals surface area contributed by atoms with E-state index in [1.165, 1.54) is 4.88 Å². The number of morpholine rings is 1. The minimum atomic E-state index is -0.0348. The van der Waals surface area contributed by atoms with Gasteiger partial charge in [0.05, 0.1) is 13.2 Å². The molecule has 1 amide bonds. The third-order valence-electron chi connectivity index (χ3n) is 3.66. The van der Waals surface area contributed by atoms with E-state index in [4.69, 9.17) is 4.74 Å². The summed E-state index contributed by atoms with van der Waals surface area (Å²) in [5.41, 5.74) is 1.08. The first-order valence-corrected chi connectivity index (χ1v) is 8.02. The average molecular weight is 302 g/mol. The number of ether oxygens (including phenoxy) is 1. The highest BCUT2D eigenvalue weighted by atomic mass is 32.1. The van der Waals surface area contributed by atoms with Crippen molar-refractivity contribution in [2.24, 2.45) is 0 Å². The first kappa shape index (κ1) is 14.2. The number of carbonyl (C=O) groups excluding carboxylic acids is 1. The molecule has 0 radical (unpaired) electrons. The van der Waals surface area contributed by atoms with Crippen LogP contribution in [0.5, 0.6) is 0 Å². The van der Waals surface area contributed by atoms with Crippen molar-refractivity contribution in [1.29, 1.82) is 0 Å². The van der Waals surface area contributed by atoms with Gasteiger partial charge in [0.1, 0.15) is 6.10 Å². The lowest BCUT2D eigenvalue weighted by Crippen LogP contribution is -2.42. The second kappa shape index (κ2) is 6.83. The van der Waals surface area contributed by atoms with E-state index < -0.39 is 0 Å². The van der Waals surface area contributed by atoms with Gasteiger partial charge in [0.25, 0.3) is 0 Å². The molecule has 1 aliphatic rings. The van der Waals surface area contributed by atoms with Gasteiger partial charge < -0.3 is 9.64 Å². The lowest BCUT2D eigenvalue weighted by molar-refractivity contribution is -0.139. The van der Waals surface area contributed by atoms with Crippen molar-refractivity contribution in [2.45, 2.75) is 18.9 Å². The zero-order valence-electron chi connectivity index (χ0n) is 11.8. The Morgan fingerprint density at radius 2 is 2.24 bits per heavy atom. The number of pyridine rings is 1. The summed E-state index contributed by atoms with van der Waals surface area (Å²) in [5, 5.41) is 2.05. The molecule has 0 aliphatic carbocycles. The molecule has 0 unspecified atom stereocenters. The van der Waals surface area contributed by atoms with Gasteiger partial charge in [-0.05, 0) is 35.6 Å². The fourth-order valence-electron chi connectivity index (χ4n) is 2.50. The first-order valence-electron chi connectivity index (χ1n) is 7.14. The Balaban J connectivity index is 1.56. The number of aryl methyl sites for hydroxylation is 1. The van der Waals surface area contributed by atoms with E-state index in [0.29, 0.717) is 26.1 Å². The second-order valence-electron chi connectivity index (χ2n) is 5.06. The molecular formula is C16H18N2O2S. The largest absolute Gasteiger partial charge is 0.370 e. The summed E-state index contributed by atoms with van der Waals surface area (Å²) >= 11 is 1.71. The van der Waals surface area contributed by atoms with Gasteiger partial charge in [-0.3, -0.25) is 9.78 Å². The van der Waals surface area contributed by atoms with E-state index in [9.17, 15) is 4.79 Å². The molecule has 2 aromatic rings. The Morgan fingerprint density at radius 3 is 3.00 bits per heavy atom. The Kier molecular flexibility index (Phi) is 4.62. The summed E-state index contributed by atoms with van der Waals surface area (Å²) < 4.78 is 5.78. The van der Waals surface area contributed by atoms with Crippen LogP contribution < -0.4 is 0 Å². The van der Waals surface area contributed by atoms with Gasteiger partial charge in [-0.15, -0.1) is 11.3 Å². The second-order valence-corrected chi connectivity index (χ2v) is 6.09. The lowest BCUT2D eigenvalue weighted by Gasteiger charge is -2.33. The molecule has 1 fully saturated rings. The van der Waals surface area contributed by atoms with Crippen LogP contribution in [0.15, 0.2) is 42.0 Å². The van der Waals surface area contributed by atoms with E-state index in [0.717, 1.165) is 12.0 Å². The molecule has 1 aliphatic heterocycles. The van der Waals surface area contributed by atoms with Gasteiger partial charge in [-0.1, -0.05) is 6.07 Å². The summed E-state index contributed by atoms with van der Waals surface area (Å²) in [6.45, 7) is 1.91. The molecule has 110 valence electrons. The third-order valence-corrected chi connectivity index (χ3v) is 4.60. The molecule has 0 aromatic carbocycles. The molecule has 0 bridgehead atoms. The quantitative estimate of drug-likeness (QED) is 0.872. The van der Waals surface area contributed by atoms with Crippen molar-refractivity contribution in [1.82, 2.24) is 9.88 Å². The van der Waals surface area contributed by atoms with E-state index in [1.807, 2.05) is 28.5 Å². The predicted octanol–water partition coefficient (Wildman–Crippen LogP) is 2.68. The molecule has 5 heteroatoms. The normalized spacial score (nSPS) is 18.7. The number of rotatable bonds is 4. The molecule has 0 saturated carbocycles. The highest BCUT2D eigenvalue weighted by Gasteiger charge is 2.25. The average Bonchev–Trinajstić information content (AvgIpc) is 3.07. The topological polar surface area (TPSA) is 42.4 Å². The number of hydrogen-bond donors (Lipinski definition) is 0. The molecule has 4 nitrogen and oxygen atoms in total. The monoisotopic (exact) mass is 302 g/mol. The predicted molar refractivity (Wildman–Crippen MR) is 82.2 cm³/mol. The molecule has 0 N–H and O–H groups in total. The minimum absolute atomic E-state index is 0.0348. The number of amides is 1. The molecular weight excluding hydrogens is 284 g/mol. The Morgan fingerprint density at radius 1 is 1.38 bits per heavy atom. The van der Waals surface area contributed by atoms with Crippen molar-refractivity contribution in [3.63, 3.8) is 0 Å². The summed E-state index contributed by atoms with van der Waals surface area (Å²) in [5.74, 6) is 0.214. The fraction of sp³-hybridized carbons (Fsp3) is 0.375. The maximum Gasteiger partial charge on any atom is 0.223 e. The number of thiophene rings is 1. The minimum Gasteiger partial charge on any atom is -0.370 e. The van der Waals surface area contributed by atoms with Gasteiger partial charge >= 0.3 is 0 Å². The van der Waals surface area contributed by atoms with Gasteiger partial charge in [-0.2, -0.15) is 0 Å². The standard InChI is InChI=1S/C16H18N2O2S/c19-16(4-3-14-2-1-11-21-14)18-9-10-20-15(12-18)13-5-7-17-8-6-13/h1-2,5-8,11,15H,3-4,9-10,12H2/t15-/m0/s1. The van der Waals surface area contributed by atoms with Gasteiger partial charge in [0.2, 0.25) is 5.91 Å². The molecule has 1 saturated heterocycles. The summed E-state index contributed by atoms with van der Waals surface area (Å²) in [6.07, 6.45) is 4.89. The summed E-state index contributed by atoms with van der Waals surface area (Å²) in [6, 6.07) is 8.00. The maximum atomic E-state index is 12.3. The number of carbonyl (C=O) groups is 1. The van der Waals surface area contributed by atoms with Gasteiger partial charge in [-0.25, -0.2) is 0 Å². The lowest BCUT2D eigenvalue weighted by atomic mass is 10.1. The van der Waals surface area contributed by atoms with Crippen molar-refractivity contribution < 1.29 is 9.53 Å². The van der Waals surface area contributed by atoms with E-state index in [1.54, 1.807) is 23.7 Å². The fourth-order valence-corrected chi connectivity index (χ4v) is 3.21. The highest BCUT2D eigenvalue weighted by molar-refractivity contribution is 7.09. The molecule has 3 rings (SSSR count). The van der Waals surface area contributed by atoms with Crippen LogP contribution in [0.1, 0.15) is 23.0 Å². The first-order chi connectivity index (χ1) is 10.3. The van der Waals surface area contributed by atoms with Crippen LogP contribution in [0, 0.1) is 0 Å². The molecule has 21 heavy (non-hydrogen) atoms. The Labute approximate surface area is 128 Å². The molecule has 0 spiro atoms. The van der Waals surface area contributed by atoms with E-state index in [-0.39, 0.29) is 12.0 Å². The van der Waals surface area contributed by atoms with Crippen LogP contribution in [0.3, 0.4) is 0 Å². The van der Waals surface area contributed by atoms with Crippen molar-refractivity contribution >= 4 is 17.2 Å². The SMILES string of the molecule is O=C(CCc1cccs1)N1CCO[C@H](c2ccncc2)C1. The summed E-state index contributed by atoms with van der Waals surface area (Å²) in [4.78, 5) is 19.5. The van der Waals surface area contributed by atoms with Gasteiger partial charge in [0.15, 0.2) is 0 Å². The number of aromatic nitrogens is 1. The smallest absolute Gasteiger partial charge is 0.223 e. The highest BCUT2D eigenvalue weighted by Crippen LogP contribution is 2.22. The third kappa shape index (κ3) is 3.68. The molecule has 3 heterocycles. The number of nitrogens with zero attached hydrogens (tertiary/aromatic N) is 2. The zero-order chi connectivity index (χ0) is 14.5. The maximum absolute atomic E-state index is 12.3. The zero-order valence-corrected chi connectivity index (χ0v) is 12.6. The van der Waals surface area contributed by atoms with Crippen LogP contribution >= 0.6 is 11.3 Å². The Hall–Kier alpha value is -1.72. The molecule has 2 aromatic heterocycles. The Bertz CT molecular complexity index is 571.